The summed E-state index contributed by atoms with van der Waals surface area (Å²) < 4.78 is 0. The molecule has 0 spiro atoms. The van der Waals surface area contributed by atoms with Crippen molar-refractivity contribution in [1.29, 1.82) is 0 Å². The van der Waals surface area contributed by atoms with Crippen LogP contribution in [0.25, 0.3) is 6.08 Å². The maximum Gasteiger partial charge on any atom is 0.170 e. The molecule has 1 aromatic rings. The fraction of sp³-hybridized carbons (Fsp3) is 0.100. The number of ketones is 1. The predicted octanol–water partition coefficient (Wildman–Crippen LogP) is 3.81. The summed E-state index contributed by atoms with van der Waals surface area (Å²) in [5, 5.41) is 1.08. The third-order valence-electron chi connectivity index (χ3n) is 1.54. The number of allylic oxidation sites excluding steroid dienone is 1. The molecule has 0 heterocycles. The Labute approximate surface area is 97.3 Å². The fourth-order valence-corrected chi connectivity index (χ4v) is 1.42. The molecular formula is C10H7Cl3O. The molecule has 1 aromatic carbocycles. The lowest BCUT2D eigenvalue weighted by atomic mass is 10.2. The average molecular weight is 250 g/mol. The van der Waals surface area contributed by atoms with E-state index in [2.05, 4.69) is 0 Å². The van der Waals surface area contributed by atoms with Crippen molar-refractivity contribution in [1.82, 2.24) is 0 Å². The van der Waals surface area contributed by atoms with E-state index in [4.69, 9.17) is 34.8 Å². The van der Waals surface area contributed by atoms with Crippen LogP contribution in [0.2, 0.25) is 10.0 Å². The van der Waals surface area contributed by atoms with E-state index in [-0.39, 0.29) is 11.7 Å². The molecule has 0 radical (unpaired) electrons. The number of halogens is 3. The molecule has 0 aliphatic heterocycles. The van der Waals surface area contributed by atoms with Crippen molar-refractivity contribution in [2.45, 2.75) is 0 Å². The van der Waals surface area contributed by atoms with E-state index in [1.807, 2.05) is 0 Å². The lowest BCUT2D eigenvalue weighted by molar-refractivity contribution is -0.112. The largest absolute Gasteiger partial charge is 0.294 e. The molecule has 1 rings (SSSR count). The van der Waals surface area contributed by atoms with E-state index >= 15 is 0 Å². The molecule has 0 saturated heterocycles. The Morgan fingerprint density at radius 3 is 2.64 bits per heavy atom. The summed E-state index contributed by atoms with van der Waals surface area (Å²) in [7, 11) is 0. The summed E-state index contributed by atoms with van der Waals surface area (Å²) in [6.07, 6.45) is 3.01. The van der Waals surface area contributed by atoms with Crippen molar-refractivity contribution in [3.63, 3.8) is 0 Å². The van der Waals surface area contributed by atoms with Crippen LogP contribution in [-0.4, -0.2) is 11.7 Å². The molecule has 0 saturated carbocycles. The molecule has 0 unspecified atom stereocenters. The first kappa shape index (κ1) is 11.6. The van der Waals surface area contributed by atoms with Crippen LogP contribution in [0, 0.1) is 0 Å². The van der Waals surface area contributed by atoms with Gasteiger partial charge in [-0.3, -0.25) is 4.79 Å². The van der Waals surface area contributed by atoms with Crippen LogP contribution < -0.4 is 0 Å². The van der Waals surface area contributed by atoms with Crippen molar-refractivity contribution in [3.05, 3.63) is 39.9 Å². The van der Waals surface area contributed by atoms with Gasteiger partial charge in [0, 0.05) is 10.0 Å². The van der Waals surface area contributed by atoms with Crippen molar-refractivity contribution >= 4 is 46.7 Å². The molecule has 0 aliphatic rings. The second-order valence-electron chi connectivity index (χ2n) is 2.60. The SMILES string of the molecule is O=C(/C=C/c1ccc(Cl)cc1Cl)CCl. The van der Waals surface area contributed by atoms with Gasteiger partial charge in [-0.25, -0.2) is 0 Å². The molecule has 1 nitrogen and oxygen atoms in total. The van der Waals surface area contributed by atoms with Gasteiger partial charge in [0.05, 0.1) is 5.88 Å². The summed E-state index contributed by atoms with van der Waals surface area (Å²) >= 11 is 16.9. The molecule has 74 valence electrons. The highest BCUT2D eigenvalue weighted by molar-refractivity contribution is 6.35. The maximum absolute atomic E-state index is 10.9. The van der Waals surface area contributed by atoms with Gasteiger partial charge in [0.1, 0.15) is 0 Å². The van der Waals surface area contributed by atoms with Gasteiger partial charge in [-0.2, -0.15) is 0 Å². The second-order valence-corrected chi connectivity index (χ2v) is 3.71. The Kier molecular flexibility index (Phi) is 4.46. The van der Waals surface area contributed by atoms with Crippen LogP contribution in [0.3, 0.4) is 0 Å². The lowest BCUT2D eigenvalue weighted by Crippen LogP contribution is -1.91. The van der Waals surface area contributed by atoms with Crippen LogP contribution in [0.1, 0.15) is 5.56 Å². The summed E-state index contributed by atoms with van der Waals surface area (Å²) in [4.78, 5) is 10.9. The molecule has 0 aromatic heterocycles. The maximum atomic E-state index is 10.9. The van der Waals surface area contributed by atoms with E-state index in [9.17, 15) is 4.79 Å². The third-order valence-corrected chi connectivity index (χ3v) is 2.37. The molecule has 0 fully saturated rings. The van der Waals surface area contributed by atoms with E-state index < -0.39 is 0 Å². The van der Waals surface area contributed by atoms with Crippen LogP contribution in [0.15, 0.2) is 24.3 Å². The summed E-state index contributed by atoms with van der Waals surface area (Å²) in [5.74, 6) is -0.181. The van der Waals surface area contributed by atoms with Crippen molar-refractivity contribution in [2.24, 2.45) is 0 Å². The van der Waals surface area contributed by atoms with Crippen LogP contribution in [0.4, 0.5) is 0 Å². The highest BCUT2D eigenvalue weighted by Crippen LogP contribution is 2.21. The molecule has 0 N–H and O–H groups in total. The highest BCUT2D eigenvalue weighted by atomic mass is 35.5. The van der Waals surface area contributed by atoms with Crippen LogP contribution in [0.5, 0.6) is 0 Å². The third kappa shape index (κ3) is 3.33. The first-order valence-corrected chi connectivity index (χ1v) is 5.14. The van der Waals surface area contributed by atoms with Gasteiger partial charge < -0.3 is 0 Å². The van der Waals surface area contributed by atoms with E-state index in [0.29, 0.717) is 10.0 Å². The molecule has 0 amide bonds. The predicted molar refractivity (Wildman–Crippen MR) is 61.2 cm³/mol. The van der Waals surface area contributed by atoms with Crippen molar-refractivity contribution in [3.8, 4) is 0 Å². The Hall–Kier alpha value is -0.500. The minimum Gasteiger partial charge on any atom is -0.294 e. The highest BCUT2D eigenvalue weighted by Gasteiger charge is 1.98. The van der Waals surface area contributed by atoms with Gasteiger partial charge in [-0.1, -0.05) is 29.3 Å². The summed E-state index contributed by atoms with van der Waals surface area (Å²) in [6, 6.07) is 5.06. The molecule has 0 bridgehead atoms. The minimum atomic E-state index is -0.155. The monoisotopic (exact) mass is 248 g/mol. The number of hydrogen-bond acceptors (Lipinski definition) is 1. The fourth-order valence-electron chi connectivity index (χ4n) is 0.864. The number of rotatable bonds is 3. The number of alkyl halides is 1. The molecule has 0 aliphatic carbocycles. The number of benzene rings is 1. The van der Waals surface area contributed by atoms with E-state index in [1.54, 1.807) is 24.3 Å². The lowest BCUT2D eigenvalue weighted by Gasteiger charge is -1.97. The van der Waals surface area contributed by atoms with Crippen molar-refractivity contribution in [2.75, 3.05) is 5.88 Å². The first-order chi connectivity index (χ1) is 6.63. The minimum absolute atomic E-state index is 0.0261. The van der Waals surface area contributed by atoms with Crippen LogP contribution >= 0.6 is 34.8 Å². The van der Waals surface area contributed by atoms with E-state index in [0.717, 1.165) is 5.56 Å². The smallest absolute Gasteiger partial charge is 0.170 e. The van der Waals surface area contributed by atoms with Gasteiger partial charge in [0.25, 0.3) is 0 Å². The zero-order chi connectivity index (χ0) is 10.6. The average Bonchev–Trinajstić information content (AvgIpc) is 2.16. The number of carbonyl (C=O) groups is 1. The molecule has 0 atom stereocenters. The Balaban J connectivity index is 2.87. The Morgan fingerprint density at radius 2 is 2.07 bits per heavy atom. The molecule has 14 heavy (non-hydrogen) atoms. The van der Waals surface area contributed by atoms with Gasteiger partial charge in [-0.15, -0.1) is 11.6 Å². The van der Waals surface area contributed by atoms with E-state index in [1.165, 1.54) is 6.08 Å². The molecule has 4 heteroatoms. The zero-order valence-corrected chi connectivity index (χ0v) is 9.40. The second kappa shape index (κ2) is 5.40. The van der Waals surface area contributed by atoms with Crippen LogP contribution in [-0.2, 0) is 4.79 Å². The standard InChI is InChI=1S/C10H7Cl3O/c11-6-9(14)4-2-7-1-3-8(12)5-10(7)13/h1-5H,6H2/b4-2+. The Morgan fingerprint density at radius 1 is 1.36 bits per heavy atom. The molecular weight excluding hydrogens is 242 g/mol. The van der Waals surface area contributed by atoms with Gasteiger partial charge >= 0.3 is 0 Å². The summed E-state index contributed by atoms with van der Waals surface area (Å²) in [5.41, 5.74) is 0.745. The Bertz CT molecular complexity index is 372. The number of hydrogen-bond donors (Lipinski definition) is 0. The quantitative estimate of drug-likeness (QED) is 0.588. The zero-order valence-electron chi connectivity index (χ0n) is 7.14. The topological polar surface area (TPSA) is 17.1 Å². The first-order valence-electron chi connectivity index (χ1n) is 3.85. The van der Waals surface area contributed by atoms with Crippen molar-refractivity contribution < 1.29 is 4.79 Å². The number of carbonyl (C=O) groups excluding carboxylic acids is 1. The van der Waals surface area contributed by atoms with Gasteiger partial charge in [-0.05, 0) is 29.8 Å². The summed E-state index contributed by atoms with van der Waals surface area (Å²) in [6.45, 7) is 0. The normalized spacial score (nSPS) is 10.8. The van der Waals surface area contributed by atoms with Gasteiger partial charge in [0.2, 0.25) is 0 Å². The van der Waals surface area contributed by atoms with Gasteiger partial charge in [0.15, 0.2) is 5.78 Å².